The number of rotatable bonds is 3. The molecular formula is C15H24O. The molecule has 90 valence electrons. The van der Waals surface area contributed by atoms with Crippen molar-refractivity contribution < 1.29 is 5.11 Å². The SMILES string of the molecule is OCC1(CC2CC3CCC2C3)CC2CC2C1. The van der Waals surface area contributed by atoms with E-state index in [2.05, 4.69) is 0 Å². The van der Waals surface area contributed by atoms with Crippen LogP contribution in [0, 0.1) is 35.0 Å². The monoisotopic (exact) mass is 220 g/mol. The van der Waals surface area contributed by atoms with Gasteiger partial charge in [-0.15, -0.1) is 0 Å². The van der Waals surface area contributed by atoms with Crippen LogP contribution in [0.5, 0.6) is 0 Å². The second-order valence-corrected chi connectivity index (χ2v) is 7.46. The average molecular weight is 220 g/mol. The smallest absolute Gasteiger partial charge is 0.0487 e. The minimum Gasteiger partial charge on any atom is -0.396 e. The molecule has 0 spiro atoms. The Kier molecular flexibility index (Phi) is 2.02. The third kappa shape index (κ3) is 1.40. The number of fused-ring (bicyclic) bond motifs is 3. The number of aliphatic hydroxyl groups excluding tert-OH is 1. The summed E-state index contributed by atoms with van der Waals surface area (Å²) in [6, 6.07) is 0. The van der Waals surface area contributed by atoms with Gasteiger partial charge in [-0.1, -0.05) is 6.42 Å². The molecule has 16 heavy (non-hydrogen) atoms. The molecule has 1 heteroatoms. The molecule has 0 saturated heterocycles. The van der Waals surface area contributed by atoms with E-state index in [-0.39, 0.29) is 0 Å². The molecule has 0 amide bonds. The number of hydrogen-bond donors (Lipinski definition) is 1. The second-order valence-electron chi connectivity index (χ2n) is 7.46. The highest BCUT2D eigenvalue weighted by atomic mass is 16.3. The first-order chi connectivity index (χ1) is 7.78. The van der Waals surface area contributed by atoms with Crippen molar-refractivity contribution in [1.29, 1.82) is 0 Å². The molecular weight excluding hydrogens is 196 g/mol. The Hall–Kier alpha value is -0.0400. The predicted octanol–water partition coefficient (Wildman–Crippen LogP) is 3.22. The average Bonchev–Trinajstić information content (AvgIpc) is 2.75. The Labute approximate surface area is 98.6 Å². The molecule has 4 fully saturated rings. The molecule has 4 aliphatic carbocycles. The van der Waals surface area contributed by atoms with Gasteiger partial charge >= 0.3 is 0 Å². The Morgan fingerprint density at radius 2 is 1.75 bits per heavy atom. The van der Waals surface area contributed by atoms with Crippen molar-refractivity contribution in [3.63, 3.8) is 0 Å². The number of aliphatic hydroxyl groups is 1. The summed E-state index contributed by atoms with van der Waals surface area (Å²) in [4.78, 5) is 0. The third-order valence-corrected chi connectivity index (χ3v) is 6.37. The van der Waals surface area contributed by atoms with E-state index in [0.29, 0.717) is 12.0 Å². The lowest BCUT2D eigenvalue weighted by atomic mass is 9.72. The van der Waals surface area contributed by atoms with Gasteiger partial charge in [0.05, 0.1) is 0 Å². The molecule has 5 atom stereocenters. The first-order valence-electron chi connectivity index (χ1n) is 7.39. The lowest BCUT2D eigenvalue weighted by Gasteiger charge is -2.34. The molecule has 0 aromatic carbocycles. The van der Waals surface area contributed by atoms with Gasteiger partial charge in [0.15, 0.2) is 0 Å². The van der Waals surface area contributed by atoms with Crippen LogP contribution >= 0.6 is 0 Å². The quantitative estimate of drug-likeness (QED) is 0.774. The molecule has 0 aromatic heterocycles. The molecule has 0 heterocycles. The van der Waals surface area contributed by atoms with Gasteiger partial charge in [0, 0.05) is 6.61 Å². The van der Waals surface area contributed by atoms with E-state index < -0.39 is 0 Å². The van der Waals surface area contributed by atoms with E-state index in [0.717, 1.165) is 29.6 Å². The van der Waals surface area contributed by atoms with Crippen LogP contribution in [0.4, 0.5) is 0 Å². The minimum atomic E-state index is 0.378. The molecule has 2 bridgehead atoms. The van der Waals surface area contributed by atoms with Gasteiger partial charge in [0.2, 0.25) is 0 Å². The van der Waals surface area contributed by atoms with Gasteiger partial charge < -0.3 is 5.11 Å². The van der Waals surface area contributed by atoms with Gasteiger partial charge in [-0.3, -0.25) is 0 Å². The van der Waals surface area contributed by atoms with E-state index in [4.69, 9.17) is 0 Å². The summed E-state index contributed by atoms with van der Waals surface area (Å²) in [6.07, 6.45) is 11.6. The second kappa shape index (κ2) is 3.25. The van der Waals surface area contributed by atoms with Crippen LogP contribution in [0.25, 0.3) is 0 Å². The first kappa shape index (κ1) is 9.94. The normalized spacial score (nSPS) is 57.9. The minimum absolute atomic E-state index is 0.378. The summed E-state index contributed by atoms with van der Waals surface area (Å²) in [5.74, 6) is 5.15. The third-order valence-electron chi connectivity index (χ3n) is 6.37. The van der Waals surface area contributed by atoms with E-state index in [1.165, 1.54) is 51.4 Å². The van der Waals surface area contributed by atoms with Crippen molar-refractivity contribution >= 4 is 0 Å². The molecule has 4 saturated carbocycles. The summed E-state index contributed by atoms with van der Waals surface area (Å²) in [5, 5.41) is 9.79. The fourth-order valence-electron chi connectivity index (χ4n) is 5.55. The van der Waals surface area contributed by atoms with Crippen LogP contribution in [0.15, 0.2) is 0 Å². The zero-order valence-corrected chi connectivity index (χ0v) is 10.2. The molecule has 0 aliphatic heterocycles. The van der Waals surface area contributed by atoms with Gasteiger partial charge in [0.25, 0.3) is 0 Å². The molecule has 1 nitrogen and oxygen atoms in total. The van der Waals surface area contributed by atoms with Crippen molar-refractivity contribution in [3.05, 3.63) is 0 Å². The zero-order valence-electron chi connectivity index (χ0n) is 10.2. The van der Waals surface area contributed by atoms with E-state index in [1.54, 1.807) is 0 Å². The standard InChI is InChI=1S/C15H24O/c16-9-15(7-13-5-14(13)8-15)6-12-4-10-1-2-11(12)3-10/h10-14,16H,1-9H2. The molecule has 5 unspecified atom stereocenters. The summed E-state index contributed by atoms with van der Waals surface area (Å²) >= 11 is 0. The van der Waals surface area contributed by atoms with Crippen molar-refractivity contribution in [1.82, 2.24) is 0 Å². The fraction of sp³-hybridized carbons (Fsp3) is 1.00. The van der Waals surface area contributed by atoms with Crippen molar-refractivity contribution in [3.8, 4) is 0 Å². The Balaban J connectivity index is 1.45. The van der Waals surface area contributed by atoms with Gasteiger partial charge in [0.1, 0.15) is 0 Å². The van der Waals surface area contributed by atoms with Crippen molar-refractivity contribution in [2.75, 3.05) is 6.61 Å². The van der Waals surface area contributed by atoms with Crippen molar-refractivity contribution in [2.45, 2.75) is 51.4 Å². The van der Waals surface area contributed by atoms with Crippen LogP contribution in [0.2, 0.25) is 0 Å². The molecule has 4 aliphatic rings. The number of hydrogen-bond acceptors (Lipinski definition) is 1. The molecule has 1 N–H and O–H groups in total. The lowest BCUT2D eigenvalue weighted by molar-refractivity contribution is 0.0756. The van der Waals surface area contributed by atoms with Crippen LogP contribution in [0.3, 0.4) is 0 Å². The van der Waals surface area contributed by atoms with Gasteiger partial charge in [-0.25, -0.2) is 0 Å². The lowest BCUT2D eigenvalue weighted by Crippen LogP contribution is -2.28. The summed E-state index contributed by atoms with van der Waals surface area (Å²) in [6.45, 7) is 0.480. The Morgan fingerprint density at radius 1 is 0.938 bits per heavy atom. The maximum Gasteiger partial charge on any atom is 0.0487 e. The van der Waals surface area contributed by atoms with Gasteiger partial charge in [-0.2, -0.15) is 0 Å². The summed E-state index contributed by atoms with van der Waals surface area (Å²) < 4.78 is 0. The first-order valence-corrected chi connectivity index (χ1v) is 7.39. The Morgan fingerprint density at radius 3 is 2.31 bits per heavy atom. The van der Waals surface area contributed by atoms with E-state index in [1.807, 2.05) is 0 Å². The zero-order chi connectivity index (χ0) is 10.8. The summed E-state index contributed by atoms with van der Waals surface area (Å²) in [7, 11) is 0. The highest BCUT2D eigenvalue weighted by molar-refractivity contribution is 5.05. The predicted molar refractivity (Wildman–Crippen MR) is 63.9 cm³/mol. The van der Waals surface area contributed by atoms with E-state index >= 15 is 0 Å². The Bertz CT molecular complexity index is 288. The molecule has 4 rings (SSSR count). The van der Waals surface area contributed by atoms with Crippen LogP contribution in [-0.4, -0.2) is 11.7 Å². The fourth-order valence-corrected chi connectivity index (χ4v) is 5.55. The van der Waals surface area contributed by atoms with Gasteiger partial charge in [-0.05, 0) is 80.0 Å². The van der Waals surface area contributed by atoms with Crippen LogP contribution < -0.4 is 0 Å². The highest BCUT2D eigenvalue weighted by Gasteiger charge is 2.55. The van der Waals surface area contributed by atoms with E-state index in [9.17, 15) is 5.11 Å². The van der Waals surface area contributed by atoms with Crippen molar-refractivity contribution in [2.24, 2.45) is 35.0 Å². The largest absolute Gasteiger partial charge is 0.396 e. The molecule has 0 radical (unpaired) electrons. The maximum absolute atomic E-state index is 9.79. The highest BCUT2D eigenvalue weighted by Crippen LogP contribution is 2.63. The summed E-state index contributed by atoms with van der Waals surface area (Å²) in [5.41, 5.74) is 0.378. The van der Waals surface area contributed by atoms with Crippen LogP contribution in [0.1, 0.15) is 51.4 Å². The molecule has 0 aromatic rings. The maximum atomic E-state index is 9.79. The van der Waals surface area contributed by atoms with Crippen LogP contribution in [-0.2, 0) is 0 Å². The topological polar surface area (TPSA) is 20.2 Å².